The summed E-state index contributed by atoms with van der Waals surface area (Å²) >= 11 is 0. The second kappa shape index (κ2) is 10.8. The van der Waals surface area contributed by atoms with Crippen LogP contribution in [0.3, 0.4) is 0 Å². The number of amides is 1. The lowest BCUT2D eigenvalue weighted by atomic mass is 9.93. The molecule has 0 aliphatic rings. The highest BCUT2D eigenvalue weighted by molar-refractivity contribution is 5.82. The summed E-state index contributed by atoms with van der Waals surface area (Å²) in [4.78, 5) is 34.8. The van der Waals surface area contributed by atoms with E-state index in [1.54, 1.807) is 0 Å². The van der Waals surface area contributed by atoms with Crippen molar-refractivity contribution in [1.29, 1.82) is 0 Å². The molecule has 1 N–H and O–H groups in total. The number of hydrogen-bond donors (Lipinski definition) is 1. The molecule has 7 nitrogen and oxygen atoms in total. The van der Waals surface area contributed by atoms with Crippen LogP contribution in [0.4, 0.5) is 4.79 Å². The van der Waals surface area contributed by atoms with Crippen molar-refractivity contribution in [3.63, 3.8) is 0 Å². The molecule has 1 unspecified atom stereocenters. The first-order valence-electron chi connectivity index (χ1n) is 8.92. The van der Waals surface area contributed by atoms with Crippen LogP contribution in [-0.4, -0.2) is 37.3 Å². The first-order valence-corrected chi connectivity index (χ1v) is 8.92. The molecule has 0 heterocycles. The van der Waals surface area contributed by atoms with Gasteiger partial charge in [-0.25, -0.2) is 14.4 Å². The highest BCUT2D eigenvalue weighted by atomic mass is 16.6. The summed E-state index contributed by atoms with van der Waals surface area (Å²) in [6.07, 6.45) is 0.239. The Morgan fingerprint density at radius 2 is 1.59 bits per heavy atom. The average molecular weight is 401 g/mol. The normalized spacial score (nSPS) is 11.6. The van der Waals surface area contributed by atoms with Gasteiger partial charge in [-0.3, -0.25) is 0 Å². The van der Waals surface area contributed by atoms with E-state index in [9.17, 15) is 14.4 Å². The van der Waals surface area contributed by atoms with E-state index >= 15 is 0 Å². The van der Waals surface area contributed by atoms with E-state index in [-0.39, 0.29) is 13.2 Å². The van der Waals surface area contributed by atoms with Crippen LogP contribution in [0.1, 0.15) is 31.9 Å². The summed E-state index contributed by atoms with van der Waals surface area (Å²) < 4.78 is 15.0. The Hall–Kier alpha value is -3.35. The molecule has 1 atom stereocenters. The van der Waals surface area contributed by atoms with Crippen molar-refractivity contribution in [1.82, 2.24) is 5.32 Å². The quantitative estimate of drug-likeness (QED) is 0.367. The van der Waals surface area contributed by atoms with Gasteiger partial charge in [-0.1, -0.05) is 49.6 Å². The zero-order valence-corrected chi connectivity index (χ0v) is 17.0. The Kier molecular flexibility index (Phi) is 8.86. The number of carbonyl (C=O) groups is 3. The molecule has 0 aliphatic heterocycles. The Labute approximate surface area is 171 Å². The fraction of sp³-hybridized carbons (Fsp3) is 0.318. The maximum atomic E-state index is 12.2. The van der Waals surface area contributed by atoms with Gasteiger partial charge in [-0.15, -0.1) is 0 Å². The maximum absolute atomic E-state index is 12.2. The summed E-state index contributed by atoms with van der Waals surface area (Å²) in [5.74, 6) is -1.42. The molecule has 1 aromatic carbocycles. The number of rotatable bonds is 10. The van der Waals surface area contributed by atoms with Gasteiger partial charge in [-0.2, -0.15) is 0 Å². The van der Waals surface area contributed by atoms with E-state index in [4.69, 9.17) is 14.2 Å². The Morgan fingerprint density at radius 1 is 1.03 bits per heavy atom. The van der Waals surface area contributed by atoms with Gasteiger partial charge < -0.3 is 19.5 Å². The van der Waals surface area contributed by atoms with Crippen molar-refractivity contribution >= 4 is 23.6 Å². The molecule has 0 saturated heterocycles. The third kappa shape index (κ3) is 8.04. The van der Waals surface area contributed by atoms with Crippen molar-refractivity contribution in [2.45, 2.75) is 32.4 Å². The van der Waals surface area contributed by atoms with Crippen molar-refractivity contribution < 1.29 is 28.6 Å². The minimum Gasteiger partial charge on any atom is -0.458 e. The van der Waals surface area contributed by atoms with Crippen molar-refractivity contribution in [2.75, 3.05) is 13.2 Å². The maximum Gasteiger partial charge on any atom is 0.407 e. The standard InChI is InChI=1S/C22H27NO6/c1-7-19(24)27-13-18(29-20(25)8-2)14-28-21(26)23-22(5,6)17-11-9-16(10-12-17)15(3)4/h7-12,18H,1-3,13-14H2,4-6H3,(H,23,26). The number of ether oxygens (including phenoxy) is 3. The number of alkyl carbamates (subject to hydrolysis) is 1. The molecule has 1 amide bonds. The zero-order chi connectivity index (χ0) is 22.0. The van der Waals surface area contributed by atoms with Crippen LogP contribution in [0.15, 0.2) is 56.2 Å². The summed E-state index contributed by atoms with van der Waals surface area (Å²) in [5, 5.41) is 2.75. The predicted octanol–water partition coefficient (Wildman–Crippen LogP) is 3.51. The van der Waals surface area contributed by atoms with Gasteiger partial charge in [0, 0.05) is 12.2 Å². The molecule has 0 bridgehead atoms. The molecule has 156 valence electrons. The monoisotopic (exact) mass is 401 g/mol. The Balaban J connectivity index is 2.69. The van der Waals surface area contributed by atoms with Crippen molar-refractivity contribution in [3.05, 3.63) is 67.3 Å². The number of benzene rings is 1. The smallest absolute Gasteiger partial charge is 0.407 e. The second-order valence-corrected chi connectivity index (χ2v) is 6.80. The summed E-state index contributed by atoms with van der Waals surface area (Å²) in [6.45, 7) is 15.4. The van der Waals surface area contributed by atoms with Gasteiger partial charge in [0.15, 0.2) is 6.10 Å². The first kappa shape index (κ1) is 23.7. The zero-order valence-electron chi connectivity index (χ0n) is 17.0. The lowest BCUT2D eigenvalue weighted by Crippen LogP contribution is -2.42. The van der Waals surface area contributed by atoms with E-state index in [0.29, 0.717) is 0 Å². The predicted molar refractivity (Wildman–Crippen MR) is 110 cm³/mol. The van der Waals surface area contributed by atoms with Crippen LogP contribution in [0.5, 0.6) is 0 Å². The molecule has 0 saturated carbocycles. The third-order valence-electron chi connectivity index (χ3n) is 3.94. The van der Waals surface area contributed by atoms with Gasteiger partial charge in [0.2, 0.25) is 0 Å². The molecule has 0 radical (unpaired) electrons. The molecule has 0 aromatic heterocycles. The Morgan fingerprint density at radius 3 is 2.10 bits per heavy atom. The minimum atomic E-state index is -0.979. The topological polar surface area (TPSA) is 90.9 Å². The minimum absolute atomic E-state index is 0.288. The number of nitrogens with one attached hydrogen (secondary N) is 1. The SMILES string of the molecule is C=CC(=O)OCC(COC(=O)NC(C)(C)c1ccc(C(=C)C)cc1)OC(=O)C=C. The summed E-state index contributed by atoms with van der Waals surface area (Å²) in [5.41, 5.74) is 2.11. The molecule has 0 aliphatic carbocycles. The number of allylic oxidation sites excluding steroid dienone is 1. The van der Waals surface area contributed by atoms with E-state index in [1.165, 1.54) is 0 Å². The van der Waals surface area contributed by atoms with E-state index in [2.05, 4.69) is 25.1 Å². The molecular formula is C22H27NO6. The first-order chi connectivity index (χ1) is 13.6. The molecule has 7 heteroatoms. The van der Waals surface area contributed by atoms with Crippen LogP contribution in [0.2, 0.25) is 0 Å². The molecular weight excluding hydrogens is 374 g/mol. The fourth-order valence-electron chi connectivity index (χ4n) is 2.27. The number of esters is 2. The second-order valence-electron chi connectivity index (χ2n) is 6.80. The molecule has 0 spiro atoms. The highest BCUT2D eigenvalue weighted by Crippen LogP contribution is 2.22. The van der Waals surface area contributed by atoms with Gasteiger partial charge in [-0.05, 0) is 31.9 Å². The van der Waals surface area contributed by atoms with Gasteiger partial charge in [0.25, 0.3) is 0 Å². The lowest BCUT2D eigenvalue weighted by molar-refractivity contribution is -0.155. The van der Waals surface area contributed by atoms with Crippen molar-refractivity contribution in [3.8, 4) is 0 Å². The van der Waals surface area contributed by atoms with Gasteiger partial charge >= 0.3 is 18.0 Å². The number of carbonyl (C=O) groups excluding carboxylic acids is 3. The van der Waals surface area contributed by atoms with Gasteiger partial charge in [0.1, 0.15) is 13.2 Å². The third-order valence-corrected chi connectivity index (χ3v) is 3.94. The van der Waals surface area contributed by atoms with E-state index < -0.39 is 29.7 Å². The molecule has 0 fully saturated rings. The van der Waals surface area contributed by atoms with Crippen LogP contribution >= 0.6 is 0 Å². The Bertz CT molecular complexity index is 779. The fourth-order valence-corrected chi connectivity index (χ4v) is 2.27. The van der Waals surface area contributed by atoms with E-state index in [1.807, 2.05) is 45.0 Å². The molecule has 1 rings (SSSR count). The lowest BCUT2D eigenvalue weighted by Gasteiger charge is -2.27. The van der Waals surface area contributed by atoms with Crippen LogP contribution in [0, 0.1) is 0 Å². The van der Waals surface area contributed by atoms with Crippen LogP contribution < -0.4 is 5.32 Å². The highest BCUT2D eigenvalue weighted by Gasteiger charge is 2.25. The van der Waals surface area contributed by atoms with Gasteiger partial charge in [0.05, 0.1) is 5.54 Å². The molecule has 1 aromatic rings. The van der Waals surface area contributed by atoms with Crippen LogP contribution in [0.25, 0.3) is 5.57 Å². The average Bonchev–Trinajstić information content (AvgIpc) is 2.69. The molecule has 29 heavy (non-hydrogen) atoms. The van der Waals surface area contributed by atoms with Crippen molar-refractivity contribution in [2.24, 2.45) is 0 Å². The van der Waals surface area contributed by atoms with Crippen LogP contribution in [-0.2, 0) is 29.3 Å². The summed E-state index contributed by atoms with van der Waals surface area (Å²) in [7, 11) is 0. The number of hydrogen-bond acceptors (Lipinski definition) is 6. The summed E-state index contributed by atoms with van der Waals surface area (Å²) in [6, 6.07) is 7.64. The van der Waals surface area contributed by atoms with E-state index in [0.717, 1.165) is 28.9 Å². The largest absolute Gasteiger partial charge is 0.458 e.